The summed E-state index contributed by atoms with van der Waals surface area (Å²) in [5.74, 6) is 1.26. The lowest BCUT2D eigenvalue weighted by molar-refractivity contribution is -0.137. The molecule has 0 radical (unpaired) electrons. The standard InChI is InChI=1S/C21H14ClF3N4O2/c1-29-19-5-3-14(31-15-6-7-26-13(8-15)11-30)10-18(19)28-20(29)27-12-2-4-17(22)16(9-12)21(23,24)25/h2-11H,1H3,(H,27,28). The van der Waals surface area contributed by atoms with E-state index in [0.29, 0.717) is 29.3 Å². The van der Waals surface area contributed by atoms with E-state index in [1.807, 2.05) is 0 Å². The maximum atomic E-state index is 13.1. The molecule has 0 saturated heterocycles. The number of aryl methyl sites for hydroxylation is 1. The van der Waals surface area contributed by atoms with E-state index in [2.05, 4.69) is 15.3 Å². The van der Waals surface area contributed by atoms with Crippen molar-refractivity contribution in [3.05, 3.63) is 71.0 Å². The minimum absolute atomic E-state index is 0.199. The lowest BCUT2D eigenvalue weighted by Gasteiger charge is -2.12. The number of nitrogens with zero attached hydrogens (tertiary/aromatic N) is 3. The Kier molecular flexibility index (Phi) is 5.28. The van der Waals surface area contributed by atoms with Crippen molar-refractivity contribution in [3.63, 3.8) is 0 Å². The zero-order chi connectivity index (χ0) is 22.2. The highest BCUT2D eigenvalue weighted by Gasteiger charge is 2.33. The van der Waals surface area contributed by atoms with Gasteiger partial charge in [0, 0.05) is 31.1 Å². The average Bonchev–Trinajstić information content (AvgIpc) is 3.03. The van der Waals surface area contributed by atoms with E-state index in [1.165, 1.54) is 24.4 Å². The van der Waals surface area contributed by atoms with Crippen LogP contribution in [0.4, 0.5) is 24.8 Å². The third-order valence-corrected chi connectivity index (χ3v) is 4.82. The van der Waals surface area contributed by atoms with Gasteiger partial charge in [0.25, 0.3) is 0 Å². The number of hydrogen-bond acceptors (Lipinski definition) is 5. The lowest BCUT2D eigenvalue weighted by Crippen LogP contribution is -2.07. The number of rotatable bonds is 5. The zero-order valence-electron chi connectivity index (χ0n) is 15.9. The summed E-state index contributed by atoms with van der Waals surface area (Å²) >= 11 is 5.68. The Morgan fingerprint density at radius 1 is 1.10 bits per heavy atom. The number of halogens is 4. The molecule has 158 valence electrons. The van der Waals surface area contributed by atoms with Gasteiger partial charge in [0.05, 0.1) is 21.6 Å². The Morgan fingerprint density at radius 2 is 1.87 bits per heavy atom. The van der Waals surface area contributed by atoms with E-state index in [4.69, 9.17) is 16.3 Å². The van der Waals surface area contributed by atoms with Crippen molar-refractivity contribution in [2.75, 3.05) is 5.32 Å². The number of anilines is 2. The highest BCUT2D eigenvalue weighted by molar-refractivity contribution is 6.31. The van der Waals surface area contributed by atoms with Gasteiger partial charge in [-0.15, -0.1) is 0 Å². The molecule has 0 unspecified atom stereocenters. The molecular weight excluding hydrogens is 433 g/mol. The maximum Gasteiger partial charge on any atom is 0.417 e. The summed E-state index contributed by atoms with van der Waals surface area (Å²) < 4.78 is 46.8. The normalized spacial score (nSPS) is 11.5. The van der Waals surface area contributed by atoms with Gasteiger partial charge in [-0.2, -0.15) is 13.2 Å². The molecule has 2 aromatic carbocycles. The first kappa shape index (κ1) is 20.7. The van der Waals surface area contributed by atoms with Crippen molar-refractivity contribution in [1.82, 2.24) is 14.5 Å². The van der Waals surface area contributed by atoms with Crippen molar-refractivity contribution in [2.24, 2.45) is 7.05 Å². The Hall–Kier alpha value is -3.59. The van der Waals surface area contributed by atoms with Gasteiger partial charge >= 0.3 is 6.18 Å². The second kappa shape index (κ2) is 7.92. The number of hydrogen-bond donors (Lipinski definition) is 1. The topological polar surface area (TPSA) is 69.0 Å². The van der Waals surface area contributed by atoms with Crippen LogP contribution < -0.4 is 10.1 Å². The summed E-state index contributed by atoms with van der Waals surface area (Å²) in [5, 5.41) is 2.51. The van der Waals surface area contributed by atoms with E-state index in [0.717, 1.165) is 11.6 Å². The van der Waals surface area contributed by atoms with Crippen LogP contribution in [-0.4, -0.2) is 20.8 Å². The molecule has 31 heavy (non-hydrogen) atoms. The molecule has 1 N–H and O–H groups in total. The second-order valence-corrected chi connectivity index (χ2v) is 7.01. The molecule has 0 bridgehead atoms. The van der Waals surface area contributed by atoms with Gasteiger partial charge in [0.2, 0.25) is 5.95 Å². The molecular formula is C21H14ClF3N4O2. The van der Waals surface area contributed by atoms with Crippen LogP contribution in [0.25, 0.3) is 11.0 Å². The molecule has 10 heteroatoms. The number of carbonyl (C=O) groups is 1. The van der Waals surface area contributed by atoms with Gasteiger partial charge in [-0.3, -0.25) is 9.78 Å². The van der Waals surface area contributed by atoms with E-state index < -0.39 is 11.7 Å². The number of aromatic nitrogens is 3. The van der Waals surface area contributed by atoms with Crippen LogP contribution >= 0.6 is 11.6 Å². The van der Waals surface area contributed by atoms with Crippen molar-refractivity contribution in [2.45, 2.75) is 6.18 Å². The van der Waals surface area contributed by atoms with E-state index in [9.17, 15) is 18.0 Å². The molecule has 0 aliphatic rings. The molecule has 0 atom stereocenters. The summed E-state index contributed by atoms with van der Waals surface area (Å²) in [5.41, 5.74) is 0.815. The smallest absolute Gasteiger partial charge is 0.417 e. The van der Waals surface area contributed by atoms with Crippen LogP contribution in [0.15, 0.2) is 54.7 Å². The van der Waals surface area contributed by atoms with Crippen LogP contribution in [0, 0.1) is 0 Å². The maximum absolute atomic E-state index is 13.1. The van der Waals surface area contributed by atoms with E-state index in [1.54, 1.807) is 35.9 Å². The number of fused-ring (bicyclic) bond motifs is 1. The number of ether oxygens (including phenoxy) is 1. The zero-order valence-corrected chi connectivity index (χ0v) is 16.7. The number of carbonyl (C=O) groups excluding carboxylic acids is 1. The van der Waals surface area contributed by atoms with Gasteiger partial charge in [0.15, 0.2) is 6.29 Å². The molecule has 4 rings (SSSR count). The minimum Gasteiger partial charge on any atom is -0.457 e. The molecule has 0 spiro atoms. The van der Waals surface area contributed by atoms with Crippen LogP contribution in [0.1, 0.15) is 16.1 Å². The molecule has 4 aromatic rings. The Bertz CT molecular complexity index is 1290. The van der Waals surface area contributed by atoms with Crippen LogP contribution in [0.2, 0.25) is 5.02 Å². The predicted octanol–water partition coefficient (Wildman–Crippen LogP) is 5.99. The number of imidazole rings is 1. The minimum atomic E-state index is -4.57. The van der Waals surface area contributed by atoms with Crippen molar-refractivity contribution in [1.29, 1.82) is 0 Å². The fourth-order valence-corrected chi connectivity index (χ4v) is 3.22. The first-order valence-electron chi connectivity index (χ1n) is 8.94. The molecule has 0 fully saturated rings. The predicted molar refractivity (Wildman–Crippen MR) is 110 cm³/mol. The summed E-state index contributed by atoms with van der Waals surface area (Å²) in [7, 11) is 1.73. The molecule has 0 aliphatic heterocycles. The van der Waals surface area contributed by atoms with Gasteiger partial charge < -0.3 is 14.6 Å². The van der Waals surface area contributed by atoms with Crippen LogP contribution in [-0.2, 0) is 13.2 Å². The first-order valence-corrected chi connectivity index (χ1v) is 9.32. The molecule has 0 saturated carbocycles. The van der Waals surface area contributed by atoms with Gasteiger partial charge in [0.1, 0.15) is 17.2 Å². The monoisotopic (exact) mass is 446 g/mol. The fraction of sp³-hybridized carbons (Fsp3) is 0.0952. The molecule has 2 heterocycles. The Morgan fingerprint density at radius 3 is 2.61 bits per heavy atom. The third kappa shape index (κ3) is 4.31. The lowest BCUT2D eigenvalue weighted by atomic mass is 10.2. The van der Waals surface area contributed by atoms with Gasteiger partial charge in [-0.25, -0.2) is 4.98 Å². The second-order valence-electron chi connectivity index (χ2n) is 6.60. The largest absolute Gasteiger partial charge is 0.457 e. The Balaban J connectivity index is 1.63. The average molecular weight is 447 g/mol. The highest BCUT2D eigenvalue weighted by atomic mass is 35.5. The number of benzene rings is 2. The van der Waals surface area contributed by atoms with E-state index in [-0.39, 0.29) is 16.4 Å². The molecule has 2 aromatic heterocycles. The SMILES string of the molecule is Cn1c(Nc2ccc(Cl)c(C(F)(F)F)c2)nc2cc(Oc3ccnc(C=O)c3)ccc21. The molecule has 6 nitrogen and oxygen atoms in total. The fourth-order valence-electron chi connectivity index (χ4n) is 3.00. The van der Waals surface area contributed by atoms with Gasteiger partial charge in [-0.1, -0.05) is 11.6 Å². The van der Waals surface area contributed by atoms with Crippen molar-refractivity contribution >= 4 is 40.6 Å². The number of aldehydes is 1. The third-order valence-electron chi connectivity index (χ3n) is 4.49. The van der Waals surface area contributed by atoms with Crippen LogP contribution in [0.5, 0.6) is 11.5 Å². The quantitative estimate of drug-likeness (QED) is 0.381. The van der Waals surface area contributed by atoms with Gasteiger partial charge in [-0.05, 0) is 36.4 Å². The van der Waals surface area contributed by atoms with E-state index >= 15 is 0 Å². The molecule has 0 amide bonds. The first-order chi connectivity index (χ1) is 14.7. The molecule has 0 aliphatic carbocycles. The van der Waals surface area contributed by atoms with Crippen LogP contribution in [0.3, 0.4) is 0 Å². The summed E-state index contributed by atoms with van der Waals surface area (Å²) in [6, 6.07) is 11.9. The summed E-state index contributed by atoms with van der Waals surface area (Å²) in [6.45, 7) is 0. The summed E-state index contributed by atoms with van der Waals surface area (Å²) in [4.78, 5) is 19.2. The van der Waals surface area contributed by atoms with Crippen molar-refractivity contribution < 1.29 is 22.7 Å². The number of nitrogens with one attached hydrogen (secondary N) is 1. The Labute approximate surface area is 179 Å². The number of alkyl halides is 3. The van der Waals surface area contributed by atoms with Crippen molar-refractivity contribution in [3.8, 4) is 11.5 Å². The number of pyridine rings is 1. The summed E-state index contributed by atoms with van der Waals surface area (Å²) in [6.07, 6.45) is -2.49. The highest BCUT2D eigenvalue weighted by Crippen LogP contribution is 2.37.